The monoisotopic (exact) mass is 310 g/mol. The normalized spacial score (nSPS) is 23.6. The summed E-state index contributed by atoms with van der Waals surface area (Å²) in [6.45, 7) is 0. The molecular formula is C15H12F2O3S. The van der Waals surface area contributed by atoms with Crippen molar-refractivity contribution in [2.45, 2.75) is 16.9 Å². The van der Waals surface area contributed by atoms with Gasteiger partial charge in [-0.2, -0.15) is 0 Å². The largest absolute Gasteiger partial charge is 0.380 e. The van der Waals surface area contributed by atoms with Gasteiger partial charge in [-0.25, -0.2) is 17.2 Å². The fourth-order valence-electron chi connectivity index (χ4n) is 2.66. The van der Waals surface area contributed by atoms with Crippen LogP contribution in [0.2, 0.25) is 0 Å². The highest BCUT2D eigenvalue weighted by atomic mass is 32.2. The molecule has 0 radical (unpaired) electrons. The van der Waals surface area contributed by atoms with Gasteiger partial charge < -0.3 is 5.11 Å². The van der Waals surface area contributed by atoms with Gasteiger partial charge in [0.1, 0.15) is 5.60 Å². The second-order valence-electron chi connectivity index (χ2n) is 5.05. The molecule has 1 aliphatic heterocycles. The number of rotatable bonds is 1. The first kappa shape index (κ1) is 14.2. The predicted octanol–water partition coefficient (Wildman–Crippen LogP) is 2.38. The summed E-state index contributed by atoms with van der Waals surface area (Å²) in [7, 11) is -3.47. The quantitative estimate of drug-likeness (QED) is 0.880. The maximum absolute atomic E-state index is 13.4. The molecule has 0 saturated heterocycles. The van der Waals surface area contributed by atoms with Crippen LogP contribution in [-0.4, -0.2) is 19.3 Å². The number of hydrogen-bond acceptors (Lipinski definition) is 3. The Kier molecular flexibility index (Phi) is 3.11. The van der Waals surface area contributed by atoms with Gasteiger partial charge in [0.25, 0.3) is 0 Å². The Hall–Kier alpha value is -1.79. The third-order valence-electron chi connectivity index (χ3n) is 3.80. The van der Waals surface area contributed by atoms with E-state index in [-0.39, 0.29) is 28.2 Å². The zero-order chi connectivity index (χ0) is 15.3. The average molecular weight is 310 g/mol. The fourth-order valence-corrected chi connectivity index (χ4v) is 4.30. The van der Waals surface area contributed by atoms with Crippen molar-refractivity contribution in [2.24, 2.45) is 0 Å². The number of benzene rings is 2. The predicted molar refractivity (Wildman–Crippen MR) is 72.5 cm³/mol. The van der Waals surface area contributed by atoms with Crippen LogP contribution in [-0.2, 0) is 15.4 Å². The van der Waals surface area contributed by atoms with Crippen LogP contribution < -0.4 is 0 Å². The lowest BCUT2D eigenvalue weighted by molar-refractivity contribution is 0.0713. The summed E-state index contributed by atoms with van der Waals surface area (Å²) in [4.78, 5) is 0.0310. The number of aliphatic hydroxyl groups is 1. The van der Waals surface area contributed by atoms with Gasteiger partial charge in [-0.15, -0.1) is 0 Å². The van der Waals surface area contributed by atoms with E-state index in [1.807, 2.05) is 0 Å². The minimum atomic E-state index is -3.47. The van der Waals surface area contributed by atoms with Gasteiger partial charge in [0.05, 0.1) is 10.6 Å². The smallest absolute Gasteiger partial charge is 0.178 e. The van der Waals surface area contributed by atoms with E-state index in [1.165, 1.54) is 18.2 Å². The minimum absolute atomic E-state index is 0.0310. The molecule has 1 heterocycles. The van der Waals surface area contributed by atoms with E-state index in [4.69, 9.17) is 0 Å². The second-order valence-corrected chi connectivity index (χ2v) is 7.13. The fraction of sp³-hybridized carbons (Fsp3) is 0.200. The summed E-state index contributed by atoms with van der Waals surface area (Å²) in [5.74, 6) is -2.34. The van der Waals surface area contributed by atoms with Gasteiger partial charge in [-0.1, -0.05) is 24.3 Å². The zero-order valence-electron chi connectivity index (χ0n) is 10.9. The molecule has 0 aromatic heterocycles. The van der Waals surface area contributed by atoms with E-state index in [0.29, 0.717) is 0 Å². The van der Waals surface area contributed by atoms with Crippen LogP contribution in [0, 0.1) is 11.6 Å². The molecule has 0 spiro atoms. The highest BCUT2D eigenvalue weighted by Crippen LogP contribution is 2.41. The molecule has 6 heteroatoms. The first-order chi connectivity index (χ1) is 9.84. The van der Waals surface area contributed by atoms with E-state index in [1.54, 1.807) is 12.1 Å². The van der Waals surface area contributed by atoms with Gasteiger partial charge >= 0.3 is 0 Å². The number of halogens is 2. The Balaban J connectivity index is 2.25. The van der Waals surface area contributed by atoms with E-state index in [2.05, 4.69) is 0 Å². The van der Waals surface area contributed by atoms with Gasteiger partial charge in [-0.3, -0.25) is 0 Å². The summed E-state index contributed by atoms with van der Waals surface area (Å²) in [6, 6.07) is 9.17. The average Bonchev–Trinajstić information content (AvgIpc) is 2.47. The van der Waals surface area contributed by atoms with Gasteiger partial charge in [0, 0.05) is 5.56 Å². The van der Waals surface area contributed by atoms with Crippen LogP contribution in [0.3, 0.4) is 0 Å². The van der Waals surface area contributed by atoms with Crippen molar-refractivity contribution in [3.8, 4) is 0 Å². The highest BCUT2D eigenvalue weighted by molar-refractivity contribution is 7.91. The molecule has 2 aromatic carbocycles. The SMILES string of the molecule is O=S1(=O)CCC(O)(c2ccc(F)c(F)c2)c2ccccc21. The molecule has 0 amide bonds. The minimum Gasteiger partial charge on any atom is -0.380 e. The topological polar surface area (TPSA) is 54.4 Å². The standard InChI is InChI=1S/C15H12F2O3S/c16-12-6-5-10(9-13(12)17)15(18)7-8-21(19,20)14-4-2-1-3-11(14)15/h1-6,9,18H,7-8H2. The Morgan fingerprint density at radius 1 is 1.05 bits per heavy atom. The van der Waals surface area contributed by atoms with E-state index < -0.39 is 27.1 Å². The van der Waals surface area contributed by atoms with Crippen molar-refractivity contribution in [3.05, 3.63) is 65.2 Å². The number of hydrogen-bond donors (Lipinski definition) is 1. The molecule has 3 nitrogen and oxygen atoms in total. The van der Waals surface area contributed by atoms with Crippen LogP contribution >= 0.6 is 0 Å². The molecule has 3 rings (SSSR count). The summed E-state index contributed by atoms with van der Waals surface area (Å²) in [6.07, 6.45) is -0.0998. The molecule has 110 valence electrons. The third-order valence-corrected chi connectivity index (χ3v) is 5.57. The summed E-state index contributed by atoms with van der Waals surface area (Å²) in [5.41, 5.74) is -1.30. The summed E-state index contributed by atoms with van der Waals surface area (Å²) in [5, 5.41) is 10.9. The molecule has 0 saturated carbocycles. The van der Waals surface area contributed by atoms with Crippen molar-refractivity contribution >= 4 is 9.84 Å². The molecule has 1 atom stereocenters. The van der Waals surface area contributed by atoms with Crippen molar-refractivity contribution in [1.29, 1.82) is 0 Å². The van der Waals surface area contributed by atoms with Crippen LogP contribution in [0.5, 0.6) is 0 Å². The lowest BCUT2D eigenvalue weighted by Crippen LogP contribution is -2.36. The zero-order valence-corrected chi connectivity index (χ0v) is 11.7. The van der Waals surface area contributed by atoms with Gasteiger partial charge in [0.2, 0.25) is 0 Å². The van der Waals surface area contributed by atoms with Crippen molar-refractivity contribution < 1.29 is 22.3 Å². The lowest BCUT2D eigenvalue weighted by Gasteiger charge is -2.34. The molecule has 0 aliphatic carbocycles. The molecular weight excluding hydrogens is 298 g/mol. The Labute approximate surface area is 120 Å². The molecule has 1 aliphatic rings. The van der Waals surface area contributed by atoms with E-state index in [0.717, 1.165) is 12.1 Å². The van der Waals surface area contributed by atoms with Crippen molar-refractivity contribution in [1.82, 2.24) is 0 Å². The first-order valence-electron chi connectivity index (χ1n) is 6.35. The van der Waals surface area contributed by atoms with Crippen molar-refractivity contribution in [3.63, 3.8) is 0 Å². The van der Waals surface area contributed by atoms with Crippen LogP contribution in [0.1, 0.15) is 17.5 Å². The Morgan fingerprint density at radius 2 is 1.76 bits per heavy atom. The molecule has 21 heavy (non-hydrogen) atoms. The molecule has 2 aromatic rings. The molecule has 0 bridgehead atoms. The Bertz CT molecular complexity index is 817. The molecule has 1 N–H and O–H groups in total. The van der Waals surface area contributed by atoms with Crippen LogP contribution in [0.15, 0.2) is 47.4 Å². The van der Waals surface area contributed by atoms with Crippen LogP contribution in [0.25, 0.3) is 0 Å². The van der Waals surface area contributed by atoms with Crippen LogP contribution in [0.4, 0.5) is 8.78 Å². The van der Waals surface area contributed by atoms with E-state index in [9.17, 15) is 22.3 Å². The van der Waals surface area contributed by atoms with Gasteiger partial charge in [0.15, 0.2) is 21.5 Å². The maximum atomic E-state index is 13.4. The lowest BCUT2D eigenvalue weighted by atomic mass is 9.83. The summed E-state index contributed by atoms with van der Waals surface area (Å²) < 4.78 is 50.6. The number of fused-ring (bicyclic) bond motifs is 1. The van der Waals surface area contributed by atoms with Gasteiger partial charge in [-0.05, 0) is 30.2 Å². The highest BCUT2D eigenvalue weighted by Gasteiger charge is 2.42. The second kappa shape index (κ2) is 4.61. The van der Waals surface area contributed by atoms with E-state index >= 15 is 0 Å². The maximum Gasteiger partial charge on any atom is 0.178 e. The number of sulfone groups is 1. The molecule has 0 fully saturated rings. The first-order valence-corrected chi connectivity index (χ1v) is 8.00. The Morgan fingerprint density at radius 3 is 2.48 bits per heavy atom. The summed E-state index contributed by atoms with van der Waals surface area (Å²) >= 11 is 0. The van der Waals surface area contributed by atoms with Crippen molar-refractivity contribution in [2.75, 3.05) is 5.75 Å². The molecule has 1 unspecified atom stereocenters. The third kappa shape index (κ3) is 2.15.